The molecule has 0 aliphatic carbocycles. The third-order valence-corrected chi connectivity index (χ3v) is 6.82. The number of benzene rings is 1. The molecule has 140 valence electrons. The number of hydrogen-bond donors (Lipinski definition) is 0. The van der Waals surface area contributed by atoms with E-state index in [1.807, 2.05) is 0 Å². The fourth-order valence-electron chi connectivity index (χ4n) is 3.19. The molecular formula is C17H21FN4O3S. The molecule has 7 nitrogen and oxygen atoms in total. The molecule has 0 radical (unpaired) electrons. The topological polar surface area (TPSA) is 75.5 Å². The van der Waals surface area contributed by atoms with Gasteiger partial charge in [0.05, 0.1) is 17.0 Å². The monoisotopic (exact) mass is 380 g/mol. The minimum Gasteiger partial charge on any atom is -0.336 e. The Morgan fingerprint density at radius 2 is 1.73 bits per heavy atom. The molecule has 26 heavy (non-hydrogen) atoms. The first-order chi connectivity index (χ1) is 12.2. The maximum Gasteiger partial charge on any atom is 0.256 e. The first-order valence-corrected chi connectivity index (χ1v) is 9.71. The fraction of sp³-hybridized carbons (Fsp3) is 0.412. The summed E-state index contributed by atoms with van der Waals surface area (Å²) in [6.45, 7) is 4.13. The molecule has 2 heterocycles. The minimum atomic E-state index is -3.69. The average molecular weight is 380 g/mol. The summed E-state index contributed by atoms with van der Waals surface area (Å²) in [5.41, 5.74) is 1.03. The highest BCUT2D eigenvalue weighted by molar-refractivity contribution is 7.89. The lowest BCUT2D eigenvalue weighted by molar-refractivity contribution is 0.0693. The summed E-state index contributed by atoms with van der Waals surface area (Å²) in [7, 11) is -1.99. The Bertz CT molecular complexity index is 947. The van der Waals surface area contributed by atoms with Crippen LogP contribution in [0.3, 0.4) is 0 Å². The van der Waals surface area contributed by atoms with E-state index in [2.05, 4.69) is 5.10 Å². The van der Waals surface area contributed by atoms with Gasteiger partial charge in [-0.1, -0.05) is 12.1 Å². The molecule has 1 aromatic carbocycles. The number of carbonyl (C=O) groups is 1. The normalized spacial score (nSPS) is 16.1. The average Bonchev–Trinajstić information content (AvgIpc) is 2.87. The quantitative estimate of drug-likeness (QED) is 0.805. The van der Waals surface area contributed by atoms with Crippen LogP contribution >= 0.6 is 0 Å². The van der Waals surface area contributed by atoms with Crippen LogP contribution in [0.15, 0.2) is 29.2 Å². The summed E-state index contributed by atoms with van der Waals surface area (Å²) in [5, 5.41) is 4.17. The summed E-state index contributed by atoms with van der Waals surface area (Å²) < 4.78 is 42.6. The zero-order valence-corrected chi connectivity index (χ0v) is 15.8. The number of amides is 1. The van der Waals surface area contributed by atoms with E-state index in [0.717, 1.165) is 0 Å². The summed E-state index contributed by atoms with van der Waals surface area (Å²) in [6, 6.07) is 5.80. The first-order valence-electron chi connectivity index (χ1n) is 8.27. The second-order valence-corrected chi connectivity index (χ2v) is 8.17. The van der Waals surface area contributed by atoms with E-state index in [1.54, 1.807) is 31.6 Å². The number of aryl methyl sites for hydroxylation is 2. The van der Waals surface area contributed by atoms with Crippen molar-refractivity contribution in [1.29, 1.82) is 0 Å². The van der Waals surface area contributed by atoms with Gasteiger partial charge in [0.15, 0.2) is 0 Å². The van der Waals surface area contributed by atoms with Gasteiger partial charge in [-0.05, 0) is 26.0 Å². The van der Waals surface area contributed by atoms with Crippen LogP contribution in [-0.2, 0) is 17.1 Å². The van der Waals surface area contributed by atoms with Gasteiger partial charge in [0.1, 0.15) is 10.7 Å². The molecule has 1 saturated heterocycles. The van der Waals surface area contributed by atoms with Crippen molar-refractivity contribution in [2.75, 3.05) is 26.2 Å². The van der Waals surface area contributed by atoms with Crippen LogP contribution in [0.5, 0.6) is 0 Å². The number of nitrogens with zero attached hydrogens (tertiary/aromatic N) is 4. The van der Waals surface area contributed by atoms with Gasteiger partial charge in [-0.15, -0.1) is 0 Å². The van der Waals surface area contributed by atoms with Gasteiger partial charge in [-0.3, -0.25) is 9.48 Å². The van der Waals surface area contributed by atoms with Gasteiger partial charge < -0.3 is 4.90 Å². The van der Waals surface area contributed by atoms with E-state index < -0.39 is 21.7 Å². The Hall–Kier alpha value is -2.26. The predicted octanol–water partition coefficient (Wildman–Crippen LogP) is 1.32. The molecule has 0 spiro atoms. The van der Waals surface area contributed by atoms with Crippen molar-refractivity contribution in [3.05, 3.63) is 47.0 Å². The second-order valence-electron chi connectivity index (χ2n) is 6.30. The van der Waals surface area contributed by atoms with E-state index in [-0.39, 0.29) is 36.6 Å². The molecule has 1 amide bonds. The van der Waals surface area contributed by atoms with E-state index in [9.17, 15) is 17.6 Å². The largest absolute Gasteiger partial charge is 0.336 e. The minimum absolute atomic E-state index is 0.00255. The zero-order chi connectivity index (χ0) is 19.1. The van der Waals surface area contributed by atoms with Gasteiger partial charge in [0.2, 0.25) is 10.0 Å². The highest BCUT2D eigenvalue weighted by atomic mass is 32.2. The van der Waals surface area contributed by atoms with Crippen LogP contribution in [-0.4, -0.2) is 59.5 Å². The summed E-state index contributed by atoms with van der Waals surface area (Å²) in [6.07, 6.45) is 0. The number of hydrogen-bond acceptors (Lipinski definition) is 4. The lowest BCUT2D eigenvalue weighted by atomic mass is 10.1. The first kappa shape index (κ1) is 18.5. The molecule has 0 bridgehead atoms. The molecule has 9 heteroatoms. The van der Waals surface area contributed by atoms with Crippen LogP contribution < -0.4 is 0 Å². The molecule has 1 fully saturated rings. The van der Waals surface area contributed by atoms with Crippen LogP contribution in [0, 0.1) is 19.7 Å². The van der Waals surface area contributed by atoms with E-state index >= 15 is 0 Å². The predicted molar refractivity (Wildman–Crippen MR) is 93.7 cm³/mol. The number of aromatic nitrogens is 2. The maximum absolute atomic E-state index is 13.8. The number of rotatable bonds is 3. The SMILES string of the molecule is Cc1nn(C)c(C)c1S(=O)(=O)N1CCN(C(=O)c2ccccc2F)CC1. The lowest BCUT2D eigenvalue weighted by Gasteiger charge is -2.34. The van der Waals surface area contributed by atoms with Crippen LogP contribution in [0.1, 0.15) is 21.7 Å². The Morgan fingerprint density at radius 3 is 2.27 bits per heavy atom. The highest BCUT2D eigenvalue weighted by Crippen LogP contribution is 2.24. The van der Waals surface area contributed by atoms with Crippen molar-refractivity contribution >= 4 is 15.9 Å². The maximum atomic E-state index is 13.8. The number of carbonyl (C=O) groups excluding carboxylic acids is 1. The lowest BCUT2D eigenvalue weighted by Crippen LogP contribution is -2.50. The van der Waals surface area contributed by atoms with Crippen molar-refractivity contribution in [3.63, 3.8) is 0 Å². The Morgan fingerprint density at radius 1 is 1.12 bits per heavy atom. The molecule has 0 atom stereocenters. The van der Waals surface area contributed by atoms with Crippen molar-refractivity contribution in [3.8, 4) is 0 Å². The van der Waals surface area contributed by atoms with E-state index in [0.29, 0.717) is 11.4 Å². The van der Waals surface area contributed by atoms with Gasteiger partial charge in [0.25, 0.3) is 5.91 Å². The molecule has 2 aromatic rings. The zero-order valence-electron chi connectivity index (χ0n) is 14.9. The second kappa shape index (κ2) is 6.81. The molecule has 3 rings (SSSR count). The van der Waals surface area contributed by atoms with Crippen molar-refractivity contribution in [2.24, 2.45) is 7.05 Å². The number of piperazine rings is 1. The standard InChI is InChI=1S/C17H21FN4O3S/c1-12-16(13(2)20(3)19-12)26(24,25)22-10-8-21(9-11-22)17(23)14-6-4-5-7-15(14)18/h4-7H,8-11H2,1-3H3. The highest BCUT2D eigenvalue weighted by Gasteiger charge is 2.34. The Labute approximate surface area is 152 Å². The van der Waals surface area contributed by atoms with Gasteiger partial charge >= 0.3 is 0 Å². The molecule has 0 saturated carbocycles. The summed E-state index contributed by atoms with van der Waals surface area (Å²) in [4.78, 5) is 14.2. The summed E-state index contributed by atoms with van der Waals surface area (Å²) >= 11 is 0. The molecular weight excluding hydrogens is 359 g/mol. The van der Waals surface area contributed by atoms with Crippen molar-refractivity contribution < 1.29 is 17.6 Å². The molecule has 0 unspecified atom stereocenters. The van der Waals surface area contributed by atoms with E-state index in [1.165, 1.54) is 27.4 Å². The number of halogens is 1. The smallest absolute Gasteiger partial charge is 0.256 e. The summed E-state index contributed by atoms with van der Waals surface area (Å²) in [5.74, 6) is -0.997. The molecule has 1 aromatic heterocycles. The van der Waals surface area contributed by atoms with Crippen molar-refractivity contribution in [1.82, 2.24) is 19.0 Å². The fourth-order valence-corrected chi connectivity index (χ4v) is 5.01. The third-order valence-electron chi connectivity index (χ3n) is 4.67. The Balaban J connectivity index is 1.76. The van der Waals surface area contributed by atoms with Crippen LogP contribution in [0.2, 0.25) is 0 Å². The molecule has 0 N–H and O–H groups in total. The van der Waals surface area contributed by atoms with E-state index in [4.69, 9.17) is 0 Å². The van der Waals surface area contributed by atoms with Gasteiger partial charge in [0, 0.05) is 33.2 Å². The number of sulfonamides is 1. The van der Waals surface area contributed by atoms with Crippen molar-refractivity contribution in [2.45, 2.75) is 18.7 Å². The van der Waals surface area contributed by atoms with Crippen LogP contribution in [0.25, 0.3) is 0 Å². The Kier molecular flexibility index (Phi) is 4.85. The van der Waals surface area contributed by atoms with Gasteiger partial charge in [-0.25, -0.2) is 12.8 Å². The molecule has 1 aliphatic heterocycles. The third kappa shape index (κ3) is 3.12. The van der Waals surface area contributed by atoms with Crippen LogP contribution in [0.4, 0.5) is 4.39 Å². The van der Waals surface area contributed by atoms with Gasteiger partial charge in [-0.2, -0.15) is 9.40 Å². The molecule has 1 aliphatic rings.